The number of hydrogen-bond acceptors (Lipinski definition) is 0. The first-order valence-corrected chi connectivity index (χ1v) is 5.88. The van der Waals surface area contributed by atoms with Crippen molar-refractivity contribution < 1.29 is 0 Å². The van der Waals surface area contributed by atoms with E-state index in [-0.39, 0.29) is 0 Å². The van der Waals surface area contributed by atoms with Crippen LogP contribution in [0, 0.1) is 5.41 Å². The molecule has 0 aromatic heterocycles. The van der Waals surface area contributed by atoms with Gasteiger partial charge in [-0.25, -0.2) is 0 Å². The molecule has 0 bridgehead atoms. The molecule has 0 radical (unpaired) electrons. The van der Waals surface area contributed by atoms with E-state index in [2.05, 4.69) is 46.4 Å². The average Bonchev–Trinajstić information content (AvgIpc) is 2.15. The predicted molar refractivity (Wildman–Crippen MR) is 66.5 cm³/mol. The van der Waals surface area contributed by atoms with Crippen molar-refractivity contribution >= 4 is 0 Å². The maximum atomic E-state index is 4.11. The van der Waals surface area contributed by atoms with Gasteiger partial charge in [0.1, 0.15) is 0 Å². The molecule has 0 saturated heterocycles. The standard InChI is InChI=1S/C14H26/c1-6-9-11-14(5,10-7-2)12-13(4)8-3/h7,10H,4,6,8-9,11-12H2,1-3,5H3. The molecule has 14 heavy (non-hydrogen) atoms. The van der Waals surface area contributed by atoms with E-state index in [9.17, 15) is 0 Å². The van der Waals surface area contributed by atoms with E-state index < -0.39 is 0 Å². The van der Waals surface area contributed by atoms with Crippen LogP contribution in [0.4, 0.5) is 0 Å². The van der Waals surface area contributed by atoms with Crippen LogP contribution in [0.1, 0.15) is 59.8 Å². The highest BCUT2D eigenvalue weighted by molar-refractivity contribution is 5.06. The van der Waals surface area contributed by atoms with Gasteiger partial charge in [-0.2, -0.15) is 0 Å². The molecule has 0 aromatic carbocycles. The van der Waals surface area contributed by atoms with Crippen LogP contribution < -0.4 is 0 Å². The molecular weight excluding hydrogens is 168 g/mol. The highest BCUT2D eigenvalue weighted by atomic mass is 14.2. The van der Waals surface area contributed by atoms with Gasteiger partial charge in [0.25, 0.3) is 0 Å². The van der Waals surface area contributed by atoms with Gasteiger partial charge in [0.2, 0.25) is 0 Å². The summed E-state index contributed by atoms with van der Waals surface area (Å²) < 4.78 is 0. The maximum Gasteiger partial charge on any atom is -0.0110 e. The molecule has 0 aliphatic heterocycles. The van der Waals surface area contributed by atoms with Crippen LogP contribution in [0.5, 0.6) is 0 Å². The molecule has 0 amide bonds. The summed E-state index contributed by atoms with van der Waals surface area (Å²) in [6.07, 6.45) is 10.7. The molecule has 0 N–H and O–H groups in total. The number of rotatable bonds is 7. The Bertz CT molecular complexity index is 188. The van der Waals surface area contributed by atoms with Gasteiger partial charge in [-0.05, 0) is 31.6 Å². The molecule has 1 atom stereocenters. The largest absolute Gasteiger partial charge is 0.0998 e. The van der Waals surface area contributed by atoms with E-state index in [4.69, 9.17) is 0 Å². The normalized spacial score (nSPS) is 15.7. The van der Waals surface area contributed by atoms with Gasteiger partial charge in [0.15, 0.2) is 0 Å². The Morgan fingerprint density at radius 2 is 2.00 bits per heavy atom. The van der Waals surface area contributed by atoms with Gasteiger partial charge < -0.3 is 0 Å². The summed E-state index contributed by atoms with van der Waals surface area (Å²) >= 11 is 0. The topological polar surface area (TPSA) is 0 Å². The third-order valence-corrected chi connectivity index (χ3v) is 2.82. The molecule has 0 heteroatoms. The van der Waals surface area contributed by atoms with Gasteiger partial charge in [0, 0.05) is 0 Å². The summed E-state index contributed by atoms with van der Waals surface area (Å²) in [5, 5.41) is 0. The Labute approximate surface area is 90.1 Å². The zero-order valence-electron chi connectivity index (χ0n) is 10.4. The van der Waals surface area contributed by atoms with Crippen LogP contribution in [0.3, 0.4) is 0 Å². The van der Waals surface area contributed by atoms with E-state index in [0.717, 1.165) is 12.8 Å². The molecule has 0 aliphatic rings. The fourth-order valence-electron chi connectivity index (χ4n) is 1.91. The van der Waals surface area contributed by atoms with Crippen molar-refractivity contribution in [3.05, 3.63) is 24.3 Å². The molecule has 0 saturated carbocycles. The molecule has 1 unspecified atom stereocenters. The van der Waals surface area contributed by atoms with Gasteiger partial charge in [-0.1, -0.05) is 57.9 Å². The lowest BCUT2D eigenvalue weighted by Gasteiger charge is -2.26. The van der Waals surface area contributed by atoms with Crippen LogP contribution >= 0.6 is 0 Å². The third kappa shape index (κ3) is 5.26. The van der Waals surface area contributed by atoms with E-state index in [1.165, 1.54) is 24.8 Å². The van der Waals surface area contributed by atoms with E-state index in [0.29, 0.717) is 5.41 Å². The molecule has 82 valence electrons. The lowest BCUT2D eigenvalue weighted by atomic mass is 9.78. The second-order valence-electron chi connectivity index (χ2n) is 4.54. The van der Waals surface area contributed by atoms with Crippen LogP contribution in [0.2, 0.25) is 0 Å². The van der Waals surface area contributed by atoms with Gasteiger partial charge >= 0.3 is 0 Å². The zero-order valence-corrected chi connectivity index (χ0v) is 10.4. The van der Waals surface area contributed by atoms with Gasteiger partial charge in [0.05, 0.1) is 0 Å². The lowest BCUT2D eigenvalue weighted by Crippen LogP contribution is -2.13. The molecule has 0 spiro atoms. The van der Waals surface area contributed by atoms with Crippen molar-refractivity contribution in [2.24, 2.45) is 5.41 Å². The second kappa shape index (κ2) is 6.86. The Hall–Kier alpha value is -0.520. The lowest BCUT2D eigenvalue weighted by molar-refractivity contribution is 0.370. The quantitative estimate of drug-likeness (QED) is 0.494. The maximum absolute atomic E-state index is 4.11. The summed E-state index contributed by atoms with van der Waals surface area (Å²) in [6.45, 7) is 13.0. The van der Waals surface area contributed by atoms with E-state index in [1.54, 1.807) is 0 Å². The molecular formula is C14H26. The van der Waals surface area contributed by atoms with Crippen LogP contribution in [-0.4, -0.2) is 0 Å². The Balaban J connectivity index is 4.30. The van der Waals surface area contributed by atoms with Crippen molar-refractivity contribution in [2.45, 2.75) is 59.8 Å². The monoisotopic (exact) mass is 194 g/mol. The van der Waals surface area contributed by atoms with Crippen molar-refractivity contribution in [3.8, 4) is 0 Å². The number of unbranched alkanes of at least 4 members (excludes halogenated alkanes) is 1. The van der Waals surface area contributed by atoms with Crippen molar-refractivity contribution in [3.63, 3.8) is 0 Å². The summed E-state index contributed by atoms with van der Waals surface area (Å²) in [5.41, 5.74) is 1.72. The van der Waals surface area contributed by atoms with Gasteiger partial charge in [-0.15, -0.1) is 0 Å². The summed E-state index contributed by atoms with van der Waals surface area (Å²) in [5.74, 6) is 0. The molecule has 0 aliphatic carbocycles. The summed E-state index contributed by atoms with van der Waals surface area (Å²) in [6, 6.07) is 0. The summed E-state index contributed by atoms with van der Waals surface area (Å²) in [4.78, 5) is 0. The number of hydrogen-bond donors (Lipinski definition) is 0. The van der Waals surface area contributed by atoms with Crippen molar-refractivity contribution in [1.82, 2.24) is 0 Å². The first-order chi connectivity index (χ1) is 6.58. The van der Waals surface area contributed by atoms with Crippen molar-refractivity contribution in [1.29, 1.82) is 0 Å². The minimum absolute atomic E-state index is 0.345. The predicted octanol–water partition coefficient (Wildman–Crippen LogP) is 5.12. The Morgan fingerprint density at radius 1 is 1.36 bits per heavy atom. The number of allylic oxidation sites excluding steroid dienone is 3. The molecule has 0 rings (SSSR count). The van der Waals surface area contributed by atoms with Crippen molar-refractivity contribution in [2.75, 3.05) is 0 Å². The highest BCUT2D eigenvalue weighted by Crippen LogP contribution is 2.33. The fourth-order valence-corrected chi connectivity index (χ4v) is 1.91. The van der Waals surface area contributed by atoms with Crippen LogP contribution in [0.15, 0.2) is 24.3 Å². The molecule has 0 fully saturated rings. The Morgan fingerprint density at radius 3 is 2.43 bits per heavy atom. The fraction of sp³-hybridized carbons (Fsp3) is 0.714. The summed E-state index contributed by atoms with van der Waals surface area (Å²) in [7, 11) is 0. The Kier molecular flexibility index (Phi) is 6.61. The third-order valence-electron chi connectivity index (χ3n) is 2.82. The SMILES string of the molecule is C=C(CC)CC(C)(C=CC)CCCC. The van der Waals surface area contributed by atoms with Crippen LogP contribution in [0.25, 0.3) is 0 Å². The van der Waals surface area contributed by atoms with Crippen LogP contribution in [-0.2, 0) is 0 Å². The van der Waals surface area contributed by atoms with Gasteiger partial charge in [-0.3, -0.25) is 0 Å². The minimum Gasteiger partial charge on any atom is -0.0998 e. The first kappa shape index (κ1) is 13.5. The second-order valence-corrected chi connectivity index (χ2v) is 4.54. The zero-order chi connectivity index (χ0) is 11.0. The smallest absolute Gasteiger partial charge is 0.0110 e. The first-order valence-electron chi connectivity index (χ1n) is 5.88. The van der Waals surface area contributed by atoms with E-state index in [1.807, 2.05) is 0 Å². The van der Waals surface area contributed by atoms with E-state index >= 15 is 0 Å². The minimum atomic E-state index is 0.345. The molecule has 0 heterocycles. The highest BCUT2D eigenvalue weighted by Gasteiger charge is 2.20. The average molecular weight is 194 g/mol. The molecule has 0 aromatic rings. The molecule has 0 nitrogen and oxygen atoms in total.